The van der Waals surface area contributed by atoms with Crippen LogP contribution in [0.4, 0.5) is 0 Å². The van der Waals surface area contributed by atoms with E-state index in [1.807, 2.05) is 20.0 Å². The fourth-order valence-corrected chi connectivity index (χ4v) is 2.00. The smallest absolute Gasteiger partial charge is 0.207 e. The van der Waals surface area contributed by atoms with Crippen molar-refractivity contribution >= 4 is 22.9 Å². The van der Waals surface area contributed by atoms with Gasteiger partial charge in [0.1, 0.15) is 0 Å². The highest BCUT2D eigenvalue weighted by atomic mass is 35.5. The molecule has 4 nitrogen and oxygen atoms in total. The van der Waals surface area contributed by atoms with Crippen LogP contribution >= 0.6 is 22.9 Å². The maximum Gasteiger partial charge on any atom is 0.207 e. The molecule has 0 bridgehead atoms. The molecule has 0 aliphatic rings. The van der Waals surface area contributed by atoms with Gasteiger partial charge in [0.15, 0.2) is 5.01 Å². The van der Waals surface area contributed by atoms with E-state index in [1.165, 1.54) is 11.3 Å². The first kappa shape index (κ1) is 8.65. The van der Waals surface area contributed by atoms with Crippen molar-refractivity contribution in [3.63, 3.8) is 0 Å². The first-order valence-corrected chi connectivity index (χ1v) is 4.86. The van der Waals surface area contributed by atoms with Gasteiger partial charge in [0, 0.05) is 7.05 Å². The van der Waals surface area contributed by atoms with Crippen LogP contribution in [0.3, 0.4) is 0 Å². The van der Waals surface area contributed by atoms with E-state index in [0.717, 1.165) is 16.4 Å². The molecule has 2 rings (SSSR count). The molecule has 0 radical (unpaired) electrons. The highest BCUT2D eigenvalue weighted by Crippen LogP contribution is 2.25. The quantitative estimate of drug-likeness (QED) is 0.728. The number of halogens is 1. The van der Waals surface area contributed by atoms with Gasteiger partial charge in [-0.2, -0.15) is 5.10 Å². The van der Waals surface area contributed by atoms with Crippen molar-refractivity contribution in [1.29, 1.82) is 0 Å². The minimum Gasteiger partial charge on any atom is -0.265 e. The molecule has 68 valence electrons. The van der Waals surface area contributed by atoms with Crippen LogP contribution in [0.15, 0.2) is 6.07 Å². The van der Waals surface area contributed by atoms with E-state index in [0.29, 0.717) is 4.47 Å². The monoisotopic (exact) mass is 214 g/mol. The SMILES string of the molecule is Cc1cc(-c2nnc(Cl)s2)n(C)n1. The summed E-state index contributed by atoms with van der Waals surface area (Å²) in [7, 11) is 1.87. The van der Waals surface area contributed by atoms with Gasteiger partial charge in [-0.25, -0.2) is 0 Å². The van der Waals surface area contributed by atoms with Crippen molar-refractivity contribution in [2.45, 2.75) is 6.92 Å². The number of hydrogen-bond donors (Lipinski definition) is 0. The van der Waals surface area contributed by atoms with Crippen molar-refractivity contribution in [1.82, 2.24) is 20.0 Å². The van der Waals surface area contributed by atoms with Crippen LogP contribution < -0.4 is 0 Å². The highest BCUT2D eigenvalue weighted by Gasteiger charge is 2.09. The first-order valence-electron chi connectivity index (χ1n) is 3.67. The number of aryl methyl sites for hydroxylation is 2. The molecule has 6 heteroatoms. The van der Waals surface area contributed by atoms with E-state index in [4.69, 9.17) is 11.6 Å². The Bertz CT molecular complexity index is 433. The number of hydrogen-bond acceptors (Lipinski definition) is 4. The Balaban J connectivity index is 2.51. The second-order valence-electron chi connectivity index (χ2n) is 2.65. The van der Waals surface area contributed by atoms with Gasteiger partial charge in [0.2, 0.25) is 4.47 Å². The van der Waals surface area contributed by atoms with Gasteiger partial charge in [-0.15, -0.1) is 10.2 Å². The maximum atomic E-state index is 5.68. The summed E-state index contributed by atoms with van der Waals surface area (Å²) < 4.78 is 2.22. The van der Waals surface area contributed by atoms with Gasteiger partial charge in [0.05, 0.1) is 11.4 Å². The number of aromatic nitrogens is 4. The Labute approximate surface area is 84.2 Å². The van der Waals surface area contributed by atoms with Crippen molar-refractivity contribution < 1.29 is 0 Å². The summed E-state index contributed by atoms with van der Waals surface area (Å²) in [6, 6.07) is 1.96. The third kappa shape index (κ3) is 1.57. The summed E-state index contributed by atoms with van der Waals surface area (Å²) in [5, 5.41) is 12.7. The van der Waals surface area contributed by atoms with E-state index in [1.54, 1.807) is 4.68 Å². The molecular weight excluding hydrogens is 208 g/mol. The van der Waals surface area contributed by atoms with E-state index in [9.17, 15) is 0 Å². The van der Waals surface area contributed by atoms with Crippen LogP contribution in [-0.2, 0) is 7.05 Å². The lowest BCUT2D eigenvalue weighted by Gasteiger charge is -1.93. The molecule has 0 saturated carbocycles. The molecule has 0 spiro atoms. The average Bonchev–Trinajstić information content (AvgIpc) is 2.58. The molecule has 0 saturated heterocycles. The Morgan fingerprint density at radius 3 is 2.69 bits per heavy atom. The summed E-state index contributed by atoms with van der Waals surface area (Å²) in [6.07, 6.45) is 0. The molecule has 13 heavy (non-hydrogen) atoms. The lowest BCUT2D eigenvalue weighted by molar-refractivity contribution is 0.762. The third-order valence-electron chi connectivity index (χ3n) is 1.62. The van der Waals surface area contributed by atoms with Gasteiger partial charge >= 0.3 is 0 Å². The minimum absolute atomic E-state index is 0.453. The minimum atomic E-state index is 0.453. The van der Waals surface area contributed by atoms with E-state index in [2.05, 4.69) is 15.3 Å². The molecule has 0 fully saturated rings. The average molecular weight is 215 g/mol. The summed E-state index contributed by atoms with van der Waals surface area (Å²) in [5.41, 5.74) is 1.91. The highest BCUT2D eigenvalue weighted by molar-refractivity contribution is 7.18. The van der Waals surface area contributed by atoms with Crippen LogP contribution in [0.2, 0.25) is 4.47 Å². The Kier molecular flexibility index (Phi) is 2.05. The first-order chi connectivity index (χ1) is 6.16. The van der Waals surface area contributed by atoms with Gasteiger partial charge < -0.3 is 0 Å². The zero-order valence-corrected chi connectivity index (χ0v) is 8.72. The zero-order valence-electron chi connectivity index (χ0n) is 7.15. The molecule has 0 aromatic carbocycles. The molecule has 0 aliphatic heterocycles. The topological polar surface area (TPSA) is 43.6 Å². The zero-order chi connectivity index (χ0) is 9.42. The summed E-state index contributed by atoms with van der Waals surface area (Å²) in [6.45, 7) is 1.94. The van der Waals surface area contributed by atoms with Crippen molar-refractivity contribution in [3.8, 4) is 10.7 Å². The Hall–Kier alpha value is -0.940. The number of nitrogens with zero attached hydrogens (tertiary/aromatic N) is 4. The van der Waals surface area contributed by atoms with Crippen LogP contribution in [0, 0.1) is 6.92 Å². The predicted octanol–water partition coefficient (Wildman–Crippen LogP) is 1.90. The molecule has 0 unspecified atom stereocenters. The largest absolute Gasteiger partial charge is 0.265 e. The normalized spacial score (nSPS) is 10.7. The molecule has 2 heterocycles. The molecular formula is C7H7ClN4S. The fraction of sp³-hybridized carbons (Fsp3) is 0.286. The molecule has 2 aromatic rings. The van der Waals surface area contributed by atoms with E-state index >= 15 is 0 Å². The van der Waals surface area contributed by atoms with Crippen molar-refractivity contribution in [3.05, 3.63) is 16.2 Å². The lowest BCUT2D eigenvalue weighted by Crippen LogP contribution is -1.93. The standard InChI is InChI=1S/C7H7ClN4S/c1-4-3-5(12(2)11-4)6-9-10-7(8)13-6/h3H,1-2H3. The Morgan fingerprint density at radius 1 is 1.46 bits per heavy atom. The van der Waals surface area contributed by atoms with Crippen molar-refractivity contribution in [2.75, 3.05) is 0 Å². The fourth-order valence-electron chi connectivity index (χ4n) is 1.12. The second kappa shape index (κ2) is 3.08. The molecule has 0 atom stereocenters. The molecule has 0 aliphatic carbocycles. The maximum absolute atomic E-state index is 5.68. The Morgan fingerprint density at radius 2 is 2.23 bits per heavy atom. The molecule has 0 amide bonds. The summed E-state index contributed by atoms with van der Waals surface area (Å²) >= 11 is 7.04. The van der Waals surface area contributed by atoms with Gasteiger partial charge in [-0.3, -0.25) is 4.68 Å². The van der Waals surface area contributed by atoms with Gasteiger partial charge in [-0.1, -0.05) is 11.3 Å². The van der Waals surface area contributed by atoms with Crippen LogP contribution in [0.1, 0.15) is 5.69 Å². The van der Waals surface area contributed by atoms with Gasteiger partial charge in [-0.05, 0) is 24.6 Å². The summed E-state index contributed by atoms with van der Waals surface area (Å²) in [5.74, 6) is 0. The lowest BCUT2D eigenvalue weighted by atomic mass is 10.4. The summed E-state index contributed by atoms with van der Waals surface area (Å²) in [4.78, 5) is 0. The number of rotatable bonds is 1. The van der Waals surface area contributed by atoms with Crippen molar-refractivity contribution in [2.24, 2.45) is 7.05 Å². The van der Waals surface area contributed by atoms with Gasteiger partial charge in [0.25, 0.3) is 0 Å². The molecule has 0 N–H and O–H groups in total. The van der Waals surface area contributed by atoms with Crippen LogP contribution in [-0.4, -0.2) is 20.0 Å². The predicted molar refractivity (Wildman–Crippen MR) is 51.9 cm³/mol. The van der Waals surface area contributed by atoms with Crippen LogP contribution in [0.25, 0.3) is 10.7 Å². The van der Waals surface area contributed by atoms with E-state index < -0.39 is 0 Å². The van der Waals surface area contributed by atoms with Crippen LogP contribution in [0.5, 0.6) is 0 Å². The second-order valence-corrected chi connectivity index (χ2v) is 4.21. The third-order valence-corrected chi connectivity index (χ3v) is 2.66. The van der Waals surface area contributed by atoms with E-state index in [-0.39, 0.29) is 0 Å². The molecule has 2 aromatic heterocycles.